The minimum Gasteiger partial charge on any atom is -0.366 e. The molecule has 6 rings (SSSR count). The minimum absolute atomic E-state index is 0.118. The maximum atomic E-state index is 13.3. The van der Waals surface area contributed by atoms with Crippen LogP contribution in [0.1, 0.15) is 15.9 Å². The number of rotatable bonds is 3. The quantitative estimate of drug-likeness (QED) is 0.398. The van der Waals surface area contributed by atoms with Crippen LogP contribution in [0.2, 0.25) is 0 Å². The Morgan fingerprint density at radius 2 is 1.65 bits per heavy atom. The van der Waals surface area contributed by atoms with E-state index in [0.717, 1.165) is 38.7 Å². The van der Waals surface area contributed by atoms with Crippen molar-refractivity contribution in [3.63, 3.8) is 0 Å². The predicted octanol–water partition coefficient (Wildman–Crippen LogP) is 5.09. The van der Waals surface area contributed by atoms with E-state index in [-0.39, 0.29) is 5.56 Å². The second kappa shape index (κ2) is 7.42. The fraction of sp³-hybridized carbons (Fsp3) is 0.0357. The van der Waals surface area contributed by atoms with Crippen molar-refractivity contribution in [3.8, 4) is 16.8 Å². The first-order valence-electron chi connectivity index (χ1n) is 10.9. The van der Waals surface area contributed by atoms with Crippen LogP contribution in [0.4, 0.5) is 0 Å². The monoisotopic (exact) mass is 444 g/mol. The van der Waals surface area contributed by atoms with Crippen LogP contribution in [0.25, 0.3) is 49.5 Å². The largest absolute Gasteiger partial charge is 0.366 e. The fourth-order valence-electron chi connectivity index (χ4n) is 4.80. The Bertz CT molecular complexity index is 1830. The van der Waals surface area contributed by atoms with E-state index in [9.17, 15) is 9.59 Å². The van der Waals surface area contributed by atoms with Gasteiger partial charge in [0.05, 0.1) is 27.7 Å². The van der Waals surface area contributed by atoms with E-state index in [0.29, 0.717) is 22.0 Å². The number of carbonyl (C=O) groups is 1. The van der Waals surface area contributed by atoms with Crippen molar-refractivity contribution in [2.75, 3.05) is 0 Å². The second-order valence-electron chi connectivity index (χ2n) is 8.33. The molecule has 2 aromatic heterocycles. The third-order valence-electron chi connectivity index (χ3n) is 6.45. The molecule has 0 aliphatic rings. The van der Waals surface area contributed by atoms with Gasteiger partial charge in [0.1, 0.15) is 6.33 Å². The molecule has 0 radical (unpaired) electrons. The number of fused-ring (bicyclic) bond motifs is 4. The third kappa shape index (κ3) is 2.85. The summed E-state index contributed by atoms with van der Waals surface area (Å²) in [6.45, 7) is 2.00. The Labute approximate surface area is 194 Å². The van der Waals surface area contributed by atoms with Crippen LogP contribution in [0, 0.1) is 6.92 Å². The first-order valence-corrected chi connectivity index (χ1v) is 10.9. The number of amides is 1. The number of benzene rings is 4. The van der Waals surface area contributed by atoms with Crippen molar-refractivity contribution in [2.45, 2.75) is 6.92 Å². The molecule has 0 atom stereocenters. The highest BCUT2D eigenvalue weighted by Crippen LogP contribution is 2.38. The number of nitrogens with two attached hydrogens (primary N) is 1. The Morgan fingerprint density at radius 3 is 2.47 bits per heavy atom. The minimum atomic E-state index is -0.484. The lowest BCUT2D eigenvalue weighted by Crippen LogP contribution is -2.19. The van der Waals surface area contributed by atoms with E-state index in [1.807, 2.05) is 73.7 Å². The first kappa shape index (κ1) is 19.9. The van der Waals surface area contributed by atoms with E-state index in [1.54, 1.807) is 23.0 Å². The van der Waals surface area contributed by atoms with Gasteiger partial charge in [-0.1, -0.05) is 48.5 Å². The van der Waals surface area contributed by atoms with Gasteiger partial charge in [0.2, 0.25) is 0 Å². The summed E-state index contributed by atoms with van der Waals surface area (Å²) in [5.41, 5.74) is 11.9. The van der Waals surface area contributed by atoms with E-state index in [2.05, 4.69) is 9.97 Å². The summed E-state index contributed by atoms with van der Waals surface area (Å²) in [6, 6.07) is 24.8. The SMILES string of the molecule is Cc1c(-c2ccc(C(N)=O)c3[nH]c4ccccc4c23)cccc1-n1cnc2ccccc2c1=O. The third-order valence-corrected chi connectivity index (χ3v) is 6.45. The van der Waals surface area contributed by atoms with Crippen LogP contribution in [0.5, 0.6) is 0 Å². The summed E-state index contributed by atoms with van der Waals surface area (Å²) in [7, 11) is 0. The molecule has 6 heteroatoms. The summed E-state index contributed by atoms with van der Waals surface area (Å²) in [6.07, 6.45) is 1.58. The van der Waals surface area contributed by atoms with E-state index >= 15 is 0 Å². The number of aromatic amines is 1. The van der Waals surface area contributed by atoms with Crippen molar-refractivity contribution in [1.82, 2.24) is 14.5 Å². The van der Waals surface area contributed by atoms with Crippen LogP contribution in [0.3, 0.4) is 0 Å². The number of H-pyrrole nitrogens is 1. The maximum Gasteiger partial charge on any atom is 0.265 e. The fourth-order valence-corrected chi connectivity index (χ4v) is 4.80. The standard InChI is InChI=1S/C28H20N4O2/c1-16-17(9-6-12-24(16)32-15-30-22-10-4-3-8-20(22)28(32)34)18-13-14-21(27(29)33)26-25(18)19-7-2-5-11-23(19)31-26/h2-15,31H,1H3,(H2,29,33). The second-order valence-corrected chi connectivity index (χ2v) is 8.33. The van der Waals surface area contributed by atoms with Gasteiger partial charge in [-0.3, -0.25) is 14.2 Å². The molecule has 0 saturated heterocycles. The Morgan fingerprint density at radius 1 is 0.882 bits per heavy atom. The number of nitrogens with zero attached hydrogens (tertiary/aromatic N) is 2. The summed E-state index contributed by atoms with van der Waals surface area (Å²) in [5.74, 6) is -0.484. The molecular formula is C28H20N4O2. The molecule has 0 bridgehead atoms. The lowest BCUT2D eigenvalue weighted by Gasteiger charge is -2.15. The van der Waals surface area contributed by atoms with Crippen LogP contribution < -0.4 is 11.3 Å². The van der Waals surface area contributed by atoms with E-state index < -0.39 is 5.91 Å². The smallest absolute Gasteiger partial charge is 0.265 e. The molecule has 6 aromatic rings. The van der Waals surface area contributed by atoms with Crippen molar-refractivity contribution in [2.24, 2.45) is 5.73 Å². The molecule has 0 aliphatic heterocycles. The molecule has 3 N–H and O–H groups in total. The zero-order chi connectivity index (χ0) is 23.4. The van der Waals surface area contributed by atoms with Gasteiger partial charge in [0.15, 0.2) is 0 Å². The van der Waals surface area contributed by atoms with Gasteiger partial charge in [0, 0.05) is 16.3 Å². The first-order chi connectivity index (χ1) is 16.5. The van der Waals surface area contributed by atoms with Crippen molar-refractivity contribution in [1.29, 1.82) is 0 Å². The van der Waals surface area contributed by atoms with Gasteiger partial charge in [-0.15, -0.1) is 0 Å². The summed E-state index contributed by atoms with van der Waals surface area (Å²) in [5, 5.41) is 2.50. The normalized spacial score (nSPS) is 11.4. The predicted molar refractivity (Wildman–Crippen MR) is 135 cm³/mol. The molecule has 0 saturated carbocycles. The van der Waals surface area contributed by atoms with Gasteiger partial charge >= 0.3 is 0 Å². The number of primary amides is 1. The Kier molecular flexibility index (Phi) is 4.35. The average molecular weight is 444 g/mol. The van der Waals surface area contributed by atoms with Gasteiger partial charge in [-0.2, -0.15) is 0 Å². The number of para-hydroxylation sites is 2. The van der Waals surface area contributed by atoms with Gasteiger partial charge in [-0.05, 0) is 53.9 Å². The van der Waals surface area contributed by atoms with E-state index in [1.165, 1.54) is 0 Å². The van der Waals surface area contributed by atoms with E-state index in [4.69, 9.17) is 5.73 Å². The molecule has 1 amide bonds. The zero-order valence-corrected chi connectivity index (χ0v) is 18.4. The van der Waals surface area contributed by atoms with Crippen LogP contribution in [0.15, 0.2) is 90.0 Å². The van der Waals surface area contributed by atoms with Crippen LogP contribution in [-0.2, 0) is 0 Å². The lowest BCUT2D eigenvalue weighted by atomic mass is 9.93. The van der Waals surface area contributed by atoms with Crippen molar-refractivity contribution < 1.29 is 4.79 Å². The van der Waals surface area contributed by atoms with Crippen molar-refractivity contribution >= 4 is 38.6 Å². The summed E-state index contributed by atoms with van der Waals surface area (Å²) in [4.78, 5) is 33.3. The average Bonchev–Trinajstić information content (AvgIpc) is 3.24. The highest BCUT2D eigenvalue weighted by Gasteiger charge is 2.18. The summed E-state index contributed by atoms with van der Waals surface area (Å²) >= 11 is 0. The highest BCUT2D eigenvalue weighted by molar-refractivity contribution is 6.20. The number of hydrogen-bond acceptors (Lipinski definition) is 3. The highest BCUT2D eigenvalue weighted by atomic mass is 16.1. The molecule has 0 fully saturated rings. The maximum absolute atomic E-state index is 13.3. The van der Waals surface area contributed by atoms with Crippen molar-refractivity contribution in [3.05, 3.63) is 107 Å². The van der Waals surface area contributed by atoms with Gasteiger partial charge in [-0.25, -0.2) is 4.98 Å². The number of carbonyl (C=O) groups excluding carboxylic acids is 1. The molecule has 0 aliphatic carbocycles. The van der Waals surface area contributed by atoms with Gasteiger partial charge < -0.3 is 10.7 Å². The Balaban J connectivity index is 1.65. The Hall–Kier alpha value is -4.71. The molecule has 0 spiro atoms. The number of aromatic nitrogens is 3. The molecule has 34 heavy (non-hydrogen) atoms. The molecule has 0 unspecified atom stereocenters. The zero-order valence-electron chi connectivity index (χ0n) is 18.4. The van der Waals surface area contributed by atoms with Crippen LogP contribution >= 0.6 is 0 Å². The lowest BCUT2D eigenvalue weighted by molar-refractivity contribution is 0.100. The van der Waals surface area contributed by atoms with Crippen LogP contribution in [-0.4, -0.2) is 20.4 Å². The molecule has 164 valence electrons. The summed E-state index contributed by atoms with van der Waals surface area (Å²) < 4.78 is 1.59. The van der Waals surface area contributed by atoms with Gasteiger partial charge in [0.25, 0.3) is 11.5 Å². The molecule has 4 aromatic carbocycles. The number of nitrogens with one attached hydrogen (secondary N) is 1. The molecular weight excluding hydrogens is 424 g/mol. The number of hydrogen-bond donors (Lipinski definition) is 2. The molecule has 2 heterocycles. The topological polar surface area (TPSA) is 93.8 Å². The molecule has 6 nitrogen and oxygen atoms in total.